The molecule has 0 heterocycles. The van der Waals surface area contributed by atoms with Gasteiger partial charge in [0.25, 0.3) is 0 Å². The zero-order valence-electron chi connectivity index (χ0n) is 7.48. The first-order valence-corrected chi connectivity index (χ1v) is 3.78. The molecule has 1 amide bonds. The fourth-order valence-corrected chi connectivity index (χ4v) is 0.731. The first-order valence-electron chi connectivity index (χ1n) is 3.78. The Morgan fingerprint density at radius 2 is 2.09 bits per heavy atom. The van der Waals surface area contributed by atoms with Crippen LogP contribution in [0.1, 0.15) is 12.8 Å². The van der Waals surface area contributed by atoms with Crippen LogP contribution in [0.2, 0.25) is 0 Å². The highest BCUT2D eigenvalue weighted by molar-refractivity contribution is 5.75. The Hall–Kier alpha value is -0.610. The molecule has 0 aromatic heterocycles. The highest BCUT2D eigenvalue weighted by atomic mass is 16.2. The third kappa shape index (κ3) is 7.29. The maximum atomic E-state index is 10.9. The molecule has 0 rings (SSSR count). The Morgan fingerprint density at radius 1 is 1.45 bits per heavy atom. The predicted octanol–water partition coefficient (Wildman–Crippen LogP) is -0.421. The van der Waals surface area contributed by atoms with Crippen LogP contribution in [0.5, 0.6) is 0 Å². The fraction of sp³-hybridized carbons (Fsp3) is 0.857. The third-order valence-electron chi connectivity index (χ3n) is 1.18. The minimum Gasteiger partial charge on any atom is -0.320 e. The summed E-state index contributed by atoms with van der Waals surface area (Å²) in [6, 6.07) is 0. The van der Waals surface area contributed by atoms with Gasteiger partial charge in [-0.15, -0.1) is 0 Å². The number of amides is 1. The molecular formula is C7H17N3O. The summed E-state index contributed by atoms with van der Waals surface area (Å²) >= 11 is 0. The van der Waals surface area contributed by atoms with E-state index in [9.17, 15) is 4.79 Å². The van der Waals surface area contributed by atoms with Crippen molar-refractivity contribution in [3.8, 4) is 0 Å². The summed E-state index contributed by atoms with van der Waals surface area (Å²) in [6.07, 6.45) is 1.47. The summed E-state index contributed by atoms with van der Waals surface area (Å²) in [5.74, 6) is 0.0743. The normalized spacial score (nSPS) is 10.2. The number of carbonyl (C=O) groups excluding carboxylic acids is 1. The second-order valence-corrected chi connectivity index (χ2v) is 2.64. The SMILES string of the molecule is CNCCCC(=O)NN(C)C. The van der Waals surface area contributed by atoms with Gasteiger partial charge in [-0.2, -0.15) is 0 Å². The molecule has 0 unspecified atom stereocenters. The minimum absolute atomic E-state index is 0.0743. The lowest BCUT2D eigenvalue weighted by atomic mass is 10.3. The van der Waals surface area contributed by atoms with Crippen LogP contribution < -0.4 is 10.7 Å². The molecule has 4 heteroatoms. The molecule has 11 heavy (non-hydrogen) atoms. The highest BCUT2D eigenvalue weighted by Gasteiger charge is 1.99. The van der Waals surface area contributed by atoms with Gasteiger partial charge in [0.05, 0.1) is 0 Å². The van der Waals surface area contributed by atoms with Crippen LogP contribution in [-0.4, -0.2) is 38.6 Å². The maximum absolute atomic E-state index is 10.9. The van der Waals surface area contributed by atoms with Gasteiger partial charge in [-0.05, 0) is 20.0 Å². The minimum atomic E-state index is 0.0743. The quantitative estimate of drug-likeness (QED) is 0.423. The summed E-state index contributed by atoms with van der Waals surface area (Å²) in [5.41, 5.74) is 2.67. The summed E-state index contributed by atoms with van der Waals surface area (Å²) in [6.45, 7) is 0.890. The lowest BCUT2D eigenvalue weighted by Crippen LogP contribution is -2.36. The molecule has 0 atom stereocenters. The smallest absolute Gasteiger partial charge is 0.234 e. The van der Waals surface area contributed by atoms with Crippen molar-refractivity contribution < 1.29 is 4.79 Å². The van der Waals surface area contributed by atoms with E-state index in [2.05, 4.69) is 10.7 Å². The van der Waals surface area contributed by atoms with Gasteiger partial charge in [0.2, 0.25) is 5.91 Å². The van der Waals surface area contributed by atoms with Crippen LogP contribution in [0.3, 0.4) is 0 Å². The van der Waals surface area contributed by atoms with E-state index in [0.29, 0.717) is 6.42 Å². The van der Waals surface area contributed by atoms with E-state index in [1.54, 1.807) is 19.1 Å². The molecule has 0 aliphatic heterocycles. The molecule has 0 bridgehead atoms. The van der Waals surface area contributed by atoms with Gasteiger partial charge in [0, 0.05) is 20.5 Å². The average molecular weight is 159 g/mol. The zero-order chi connectivity index (χ0) is 8.69. The lowest BCUT2D eigenvalue weighted by molar-refractivity contribution is -0.124. The molecule has 4 nitrogen and oxygen atoms in total. The summed E-state index contributed by atoms with van der Waals surface area (Å²) < 4.78 is 0. The number of carbonyl (C=O) groups is 1. The van der Waals surface area contributed by atoms with E-state index in [0.717, 1.165) is 13.0 Å². The Kier molecular flexibility index (Phi) is 5.78. The molecule has 0 aliphatic carbocycles. The number of rotatable bonds is 5. The largest absolute Gasteiger partial charge is 0.320 e. The zero-order valence-corrected chi connectivity index (χ0v) is 7.48. The van der Waals surface area contributed by atoms with E-state index in [4.69, 9.17) is 0 Å². The van der Waals surface area contributed by atoms with Gasteiger partial charge < -0.3 is 5.32 Å². The van der Waals surface area contributed by atoms with E-state index in [-0.39, 0.29) is 5.91 Å². The maximum Gasteiger partial charge on any atom is 0.234 e. The van der Waals surface area contributed by atoms with E-state index < -0.39 is 0 Å². The third-order valence-corrected chi connectivity index (χ3v) is 1.18. The van der Waals surface area contributed by atoms with Crippen LogP contribution >= 0.6 is 0 Å². The molecule has 0 aromatic carbocycles. The Balaban J connectivity index is 3.23. The topological polar surface area (TPSA) is 44.4 Å². The highest BCUT2D eigenvalue weighted by Crippen LogP contribution is 1.85. The van der Waals surface area contributed by atoms with Gasteiger partial charge in [-0.1, -0.05) is 0 Å². The Labute approximate surface area is 67.9 Å². The van der Waals surface area contributed by atoms with Crippen molar-refractivity contribution in [2.45, 2.75) is 12.8 Å². The molecule has 0 fully saturated rings. The fourth-order valence-electron chi connectivity index (χ4n) is 0.731. The predicted molar refractivity (Wildman–Crippen MR) is 45.0 cm³/mol. The molecular weight excluding hydrogens is 142 g/mol. The first kappa shape index (κ1) is 10.4. The molecule has 0 saturated carbocycles. The van der Waals surface area contributed by atoms with Crippen LogP contribution in [0.25, 0.3) is 0 Å². The first-order chi connectivity index (χ1) is 5.16. The summed E-state index contributed by atoms with van der Waals surface area (Å²) in [4.78, 5) is 10.9. The second kappa shape index (κ2) is 6.12. The van der Waals surface area contributed by atoms with Crippen molar-refractivity contribution in [1.29, 1.82) is 0 Å². The van der Waals surface area contributed by atoms with Crippen LogP contribution in [0.4, 0.5) is 0 Å². The van der Waals surface area contributed by atoms with Crippen molar-refractivity contribution in [2.24, 2.45) is 0 Å². The van der Waals surface area contributed by atoms with E-state index >= 15 is 0 Å². The number of nitrogens with zero attached hydrogens (tertiary/aromatic N) is 1. The molecule has 66 valence electrons. The van der Waals surface area contributed by atoms with Crippen molar-refractivity contribution in [3.63, 3.8) is 0 Å². The van der Waals surface area contributed by atoms with Crippen LogP contribution in [0.15, 0.2) is 0 Å². The van der Waals surface area contributed by atoms with E-state index in [1.807, 2.05) is 7.05 Å². The molecule has 0 radical (unpaired) electrons. The van der Waals surface area contributed by atoms with Gasteiger partial charge >= 0.3 is 0 Å². The van der Waals surface area contributed by atoms with Gasteiger partial charge in [0.1, 0.15) is 0 Å². The summed E-state index contributed by atoms with van der Waals surface area (Å²) in [7, 11) is 5.48. The monoisotopic (exact) mass is 159 g/mol. The molecule has 0 saturated heterocycles. The Bertz CT molecular complexity index is 114. The standard InChI is InChI=1S/C7H17N3O/c1-8-6-4-5-7(11)9-10(2)3/h8H,4-6H2,1-3H3,(H,9,11). The lowest BCUT2D eigenvalue weighted by Gasteiger charge is -2.11. The van der Waals surface area contributed by atoms with Crippen molar-refractivity contribution >= 4 is 5.91 Å². The number of hydrazine groups is 1. The van der Waals surface area contributed by atoms with Crippen molar-refractivity contribution in [2.75, 3.05) is 27.7 Å². The van der Waals surface area contributed by atoms with Crippen LogP contribution in [-0.2, 0) is 4.79 Å². The molecule has 2 N–H and O–H groups in total. The molecule has 0 aliphatic rings. The van der Waals surface area contributed by atoms with Crippen molar-refractivity contribution in [1.82, 2.24) is 15.8 Å². The number of hydrogen-bond donors (Lipinski definition) is 2. The van der Waals surface area contributed by atoms with Gasteiger partial charge in [0.15, 0.2) is 0 Å². The van der Waals surface area contributed by atoms with Crippen molar-refractivity contribution in [3.05, 3.63) is 0 Å². The van der Waals surface area contributed by atoms with Gasteiger partial charge in [-0.3, -0.25) is 10.2 Å². The number of nitrogens with one attached hydrogen (secondary N) is 2. The summed E-state index contributed by atoms with van der Waals surface area (Å²) in [5, 5.41) is 4.64. The van der Waals surface area contributed by atoms with Crippen LogP contribution in [0, 0.1) is 0 Å². The van der Waals surface area contributed by atoms with E-state index in [1.165, 1.54) is 0 Å². The number of hydrogen-bond acceptors (Lipinski definition) is 3. The Morgan fingerprint density at radius 3 is 2.55 bits per heavy atom. The second-order valence-electron chi connectivity index (χ2n) is 2.64. The molecule has 0 spiro atoms. The average Bonchev–Trinajstić information content (AvgIpc) is 1.86. The molecule has 0 aromatic rings. The van der Waals surface area contributed by atoms with Gasteiger partial charge in [-0.25, -0.2) is 5.01 Å².